The normalized spacial score (nSPS) is 17.7. The predicted octanol–water partition coefficient (Wildman–Crippen LogP) is 3.09. The zero-order valence-electron chi connectivity index (χ0n) is 17.3. The number of carbonyl (C=O) groups excluding carboxylic acids is 2. The van der Waals surface area contributed by atoms with Crippen LogP contribution >= 0.6 is 0 Å². The Kier molecular flexibility index (Phi) is 6.18. The first-order valence-corrected chi connectivity index (χ1v) is 10.5. The molecule has 0 aromatic heterocycles. The van der Waals surface area contributed by atoms with E-state index in [2.05, 4.69) is 15.5 Å². The Bertz CT molecular complexity index is 894. The third-order valence-corrected chi connectivity index (χ3v) is 5.52. The van der Waals surface area contributed by atoms with Gasteiger partial charge in [-0.15, -0.1) is 0 Å². The number of ether oxygens (including phenoxy) is 1. The summed E-state index contributed by atoms with van der Waals surface area (Å²) in [4.78, 5) is 28.7. The number of amides is 2. The minimum Gasteiger partial charge on any atom is -0.378 e. The third kappa shape index (κ3) is 4.74. The van der Waals surface area contributed by atoms with Gasteiger partial charge >= 0.3 is 0 Å². The number of nitrogens with zero attached hydrogens (tertiary/aromatic N) is 2. The van der Waals surface area contributed by atoms with Gasteiger partial charge in [0.15, 0.2) is 0 Å². The molecule has 0 saturated carbocycles. The second-order valence-electron chi connectivity index (χ2n) is 7.70. The van der Waals surface area contributed by atoms with Crippen molar-refractivity contribution in [2.75, 3.05) is 53.3 Å². The van der Waals surface area contributed by atoms with E-state index in [0.717, 1.165) is 62.0 Å². The van der Waals surface area contributed by atoms with E-state index in [-0.39, 0.29) is 11.8 Å². The number of benzene rings is 2. The van der Waals surface area contributed by atoms with E-state index < -0.39 is 6.04 Å². The summed E-state index contributed by atoms with van der Waals surface area (Å²) in [6.07, 6.45) is 1.49. The first-order chi connectivity index (χ1) is 14.6. The summed E-state index contributed by atoms with van der Waals surface area (Å²) in [5.74, 6) is 0.0373. The lowest BCUT2D eigenvalue weighted by atomic mass is 10.2. The second kappa shape index (κ2) is 9.17. The minimum atomic E-state index is -0.423. The summed E-state index contributed by atoms with van der Waals surface area (Å²) in [6.45, 7) is 5.83. The lowest BCUT2D eigenvalue weighted by Crippen LogP contribution is -2.36. The van der Waals surface area contributed by atoms with Crippen LogP contribution in [0.5, 0.6) is 0 Å². The standard InChI is InChI=1S/C23H28N4O3/c1-17(24-19-4-2-5-21(16-19)27-11-3-6-22(27)28)23(29)25-18-7-9-20(10-8-18)26-12-14-30-15-13-26/h2,4-5,7-10,16-17,24H,3,6,11-15H2,1H3,(H,25,29). The van der Waals surface area contributed by atoms with E-state index in [1.165, 1.54) is 0 Å². The highest BCUT2D eigenvalue weighted by Gasteiger charge is 2.22. The smallest absolute Gasteiger partial charge is 0.246 e. The molecule has 2 heterocycles. The van der Waals surface area contributed by atoms with Crippen molar-refractivity contribution in [1.82, 2.24) is 0 Å². The molecule has 0 bridgehead atoms. The van der Waals surface area contributed by atoms with Gasteiger partial charge in [-0.05, 0) is 55.8 Å². The fourth-order valence-corrected chi connectivity index (χ4v) is 3.83. The second-order valence-corrected chi connectivity index (χ2v) is 7.70. The molecular formula is C23H28N4O3. The van der Waals surface area contributed by atoms with Crippen LogP contribution in [0.15, 0.2) is 48.5 Å². The van der Waals surface area contributed by atoms with Crippen LogP contribution in [0.25, 0.3) is 0 Å². The Morgan fingerprint density at radius 1 is 1.00 bits per heavy atom. The van der Waals surface area contributed by atoms with E-state index in [4.69, 9.17) is 4.74 Å². The van der Waals surface area contributed by atoms with Gasteiger partial charge in [0, 0.05) is 48.8 Å². The third-order valence-electron chi connectivity index (χ3n) is 5.52. The summed E-state index contributed by atoms with van der Waals surface area (Å²) in [5.41, 5.74) is 3.59. The maximum Gasteiger partial charge on any atom is 0.246 e. The lowest BCUT2D eigenvalue weighted by molar-refractivity contribution is -0.117. The van der Waals surface area contributed by atoms with Crippen LogP contribution in [0.2, 0.25) is 0 Å². The molecule has 2 aromatic rings. The van der Waals surface area contributed by atoms with Crippen molar-refractivity contribution in [3.05, 3.63) is 48.5 Å². The molecule has 2 saturated heterocycles. The number of nitrogens with one attached hydrogen (secondary N) is 2. The Morgan fingerprint density at radius 2 is 1.77 bits per heavy atom. The van der Waals surface area contributed by atoms with Crippen molar-refractivity contribution < 1.29 is 14.3 Å². The molecule has 0 radical (unpaired) electrons. The number of hydrogen-bond acceptors (Lipinski definition) is 5. The Balaban J connectivity index is 1.34. The summed E-state index contributed by atoms with van der Waals surface area (Å²) in [7, 11) is 0. The van der Waals surface area contributed by atoms with E-state index in [0.29, 0.717) is 6.42 Å². The molecule has 4 rings (SSSR count). The predicted molar refractivity (Wildman–Crippen MR) is 119 cm³/mol. The topological polar surface area (TPSA) is 73.9 Å². The van der Waals surface area contributed by atoms with Crippen molar-refractivity contribution in [2.24, 2.45) is 0 Å². The van der Waals surface area contributed by atoms with Gasteiger partial charge in [0.05, 0.1) is 13.2 Å². The van der Waals surface area contributed by atoms with Gasteiger partial charge in [-0.25, -0.2) is 0 Å². The SMILES string of the molecule is CC(Nc1cccc(N2CCCC2=O)c1)C(=O)Nc1ccc(N2CCOCC2)cc1. The molecule has 1 unspecified atom stereocenters. The maximum atomic E-state index is 12.6. The minimum absolute atomic E-state index is 0.114. The fraction of sp³-hybridized carbons (Fsp3) is 0.391. The van der Waals surface area contributed by atoms with Gasteiger partial charge < -0.3 is 25.2 Å². The number of morpholine rings is 1. The quantitative estimate of drug-likeness (QED) is 0.768. The van der Waals surface area contributed by atoms with Crippen LogP contribution in [0, 0.1) is 0 Å². The Hall–Kier alpha value is -3.06. The summed E-state index contributed by atoms with van der Waals surface area (Å²) in [5, 5.41) is 6.19. The fourth-order valence-electron chi connectivity index (χ4n) is 3.83. The molecule has 2 aromatic carbocycles. The Morgan fingerprint density at radius 3 is 2.47 bits per heavy atom. The highest BCUT2D eigenvalue weighted by atomic mass is 16.5. The first-order valence-electron chi connectivity index (χ1n) is 10.5. The molecule has 0 spiro atoms. The molecule has 1 atom stereocenters. The molecule has 158 valence electrons. The first kappa shape index (κ1) is 20.2. The average Bonchev–Trinajstić information content (AvgIpc) is 3.21. The summed E-state index contributed by atoms with van der Waals surface area (Å²) < 4.78 is 5.39. The van der Waals surface area contributed by atoms with E-state index in [1.807, 2.05) is 55.5 Å². The van der Waals surface area contributed by atoms with Crippen LogP contribution in [0.4, 0.5) is 22.7 Å². The van der Waals surface area contributed by atoms with Crippen molar-refractivity contribution in [3.8, 4) is 0 Å². The number of carbonyl (C=O) groups is 2. The highest BCUT2D eigenvalue weighted by Crippen LogP contribution is 2.25. The van der Waals surface area contributed by atoms with Crippen LogP contribution in [-0.4, -0.2) is 50.7 Å². The zero-order valence-corrected chi connectivity index (χ0v) is 17.3. The molecule has 7 heteroatoms. The van der Waals surface area contributed by atoms with Gasteiger partial charge in [0.2, 0.25) is 11.8 Å². The number of hydrogen-bond donors (Lipinski definition) is 2. The van der Waals surface area contributed by atoms with Crippen molar-refractivity contribution >= 4 is 34.6 Å². The lowest BCUT2D eigenvalue weighted by Gasteiger charge is -2.29. The van der Waals surface area contributed by atoms with E-state index in [1.54, 1.807) is 4.90 Å². The van der Waals surface area contributed by atoms with E-state index in [9.17, 15) is 9.59 Å². The zero-order chi connectivity index (χ0) is 20.9. The molecule has 2 aliphatic rings. The molecular weight excluding hydrogens is 380 g/mol. The Labute approximate surface area is 177 Å². The number of rotatable bonds is 6. The molecule has 0 aliphatic carbocycles. The van der Waals surface area contributed by atoms with Gasteiger partial charge in [-0.3, -0.25) is 9.59 Å². The summed E-state index contributed by atoms with van der Waals surface area (Å²) in [6, 6.07) is 15.1. The van der Waals surface area contributed by atoms with Crippen molar-refractivity contribution in [3.63, 3.8) is 0 Å². The van der Waals surface area contributed by atoms with Crippen LogP contribution in [0.1, 0.15) is 19.8 Å². The van der Waals surface area contributed by atoms with Crippen molar-refractivity contribution in [2.45, 2.75) is 25.8 Å². The van der Waals surface area contributed by atoms with Gasteiger partial charge in [0.1, 0.15) is 6.04 Å². The van der Waals surface area contributed by atoms with Crippen LogP contribution in [0.3, 0.4) is 0 Å². The molecule has 2 amide bonds. The van der Waals surface area contributed by atoms with Crippen LogP contribution in [-0.2, 0) is 14.3 Å². The van der Waals surface area contributed by atoms with Gasteiger partial charge in [-0.1, -0.05) is 6.07 Å². The largest absolute Gasteiger partial charge is 0.378 e. The molecule has 2 N–H and O–H groups in total. The molecule has 2 aliphatic heterocycles. The molecule has 2 fully saturated rings. The van der Waals surface area contributed by atoms with Crippen molar-refractivity contribution in [1.29, 1.82) is 0 Å². The average molecular weight is 409 g/mol. The monoisotopic (exact) mass is 408 g/mol. The number of anilines is 4. The van der Waals surface area contributed by atoms with Gasteiger partial charge in [-0.2, -0.15) is 0 Å². The maximum absolute atomic E-state index is 12.6. The summed E-state index contributed by atoms with van der Waals surface area (Å²) >= 11 is 0. The molecule has 30 heavy (non-hydrogen) atoms. The highest BCUT2D eigenvalue weighted by molar-refractivity contribution is 5.97. The van der Waals surface area contributed by atoms with Gasteiger partial charge in [0.25, 0.3) is 0 Å². The van der Waals surface area contributed by atoms with Crippen LogP contribution < -0.4 is 20.4 Å². The molecule has 7 nitrogen and oxygen atoms in total. The van der Waals surface area contributed by atoms with E-state index >= 15 is 0 Å².